The molecule has 0 radical (unpaired) electrons. The van der Waals surface area contributed by atoms with Crippen molar-refractivity contribution in [3.05, 3.63) is 65.7 Å². The number of hydrogen-bond acceptors (Lipinski definition) is 5. The number of halogens is 1. The zero-order valence-corrected chi connectivity index (χ0v) is 14.5. The van der Waals surface area contributed by atoms with Gasteiger partial charge in [0, 0.05) is 18.1 Å². The van der Waals surface area contributed by atoms with E-state index in [9.17, 15) is 9.18 Å². The number of rotatable bonds is 7. The molecule has 6 heteroatoms. The molecule has 0 unspecified atom stereocenters. The molecular weight excluding hydrogens is 337 g/mol. The number of nitrogens with zero attached hydrogens (tertiary/aromatic N) is 1. The summed E-state index contributed by atoms with van der Waals surface area (Å²) < 4.78 is 29.5. The van der Waals surface area contributed by atoms with Gasteiger partial charge >= 0.3 is 0 Å². The summed E-state index contributed by atoms with van der Waals surface area (Å²) in [6, 6.07) is 13.1. The van der Waals surface area contributed by atoms with Crippen LogP contribution < -0.4 is 9.47 Å². The monoisotopic (exact) mass is 355 g/mol. The Balaban J connectivity index is 1.73. The van der Waals surface area contributed by atoms with E-state index in [1.165, 1.54) is 18.2 Å². The molecule has 0 N–H and O–H groups in total. The topological polar surface area (TPSA) is 61.6 Å². The van der Waals surface area contributed by atoms with Gasteiger partial charge in [-0.1, -0.05) is 12.1 Å². The summed E-state index contributed by atoms with van der Waals surface area (Å²) in [5.41, 5.74) is 1.77. The van der Waals surface area contributed by atoms with Crippen LogP contribution in [0.4, 0.5) is 4.39 Å². The maximum atomic E-state index is 13.4. The summed E-state index contributed by atoms with van der Waals surface area (Å²) in [6.45, 7) is 1.80. The Morgan fingerprint density at radius 3 is 2.62 bits per heavy atom. The Morgan fingerprint density at radius 2 is 1.92 bits per heavy atom. The molecule has 5 nitrogen and oxygen atoms in total. The molecule has 0 spiro atoms. The lowest BCUT2D eigenvalue weighted by Gasteiger charge is -2.09. The molecule has 0 atom stereocenters. The number of carbonyl (C=O) groups is 1. The quantitative estimate of drug-likeness (QED) is 0.577. The summed E-state index contributed by atoms with van der Waals surface area (Å²) in [7, 11) is 1.60. The van der Waals surface area contributed by atoms with Crippen LogP contribution in [0.2, 0.25) is 0 Å². The zero-order chi connectivity index (χ0) is 18.5. The summed E-state index contributed by atoms with van der Waals surface area (Å²) in [4.78, 5) is 11.9. The first-order valence-corrected chi connectivity index (χ1v) is 8.16. The van der Waals surface area contributed by atoms with Crippen LogP contribution in [-0.2, 0) is 6.61 Å². The second-order valence-corrected chi connectivity index (χ2v) is 5.61. The van der Waals surface area contributed by atoms with E-state index in [-0.39, 0.29) is 24.4 Å². The Morgan fingerprint density at radius 1 is 1.15 bits per heavy atom. The number of aromatic nitrogens is 1. The number of methoxy groups -OCH3 is 1. The fraction of sp³-hybridized carbons (Fsp3) is 0.200. The fourth-order valence-corrected chi connectivity index (χ4v) is 2.46. The van der Waals surface area contributed by atoms with Gasteiger partial charge in [0.25, 0.3) is 0 Å². The molecule has 26 heavy (non-hydrogen) atoms. The van der Waals surface area contributed by atoms with Crippen molar-refractivity contribution in [3.8, 4) is 22.8 Å². The molecule has 0 aliphatic heterocycles. The Kier molecular flexibility index (Phi) is 5.31. The van der Waals surface area contributed by atoms with Crippen LogP contribution in [0.25, 0.3) is 11.3 Å². The van der Waals surface area contributed by atoms with Gasteiger partial charge in [-0.2, -0.15) is 0 Å². The van der Waals surface area contributed by atoms with Gasteiger partial charge in [-0.15, -0.1) is 0 Å². The summed E-state index contributed by atoms with van der Waals surface area (Å²) in [5.74, 6) is 0.910. The maximum Gasteiger partial charge on any atom is 0.174 e. The summed E-state index contributed by atoms with van der Waals surface area (Å²) in [5, 5.41) is 4.02. The van der Waals surface area contributed by atoms with Crippen LogP contribution >= 0.6 is 0 Å². The van der Waals surface area contributed by atoms with E-state index in [4.69, 9.17) is 14.0 Å². The van der Waals surface area contributed by atoms with Crippen molar-refractivity contribution in [1.29, 1.82) is 0 Å². The molecule has 1 heterocycles. The number of hydrogen-bond donors (Lipinski definition) is 0. The molecular formula is C20H18FNO4. The SMILES string of the molecule is CCC(=O)c1cc(F)ccc1OCc1cc(-c2ccc(OC)cc2)no1. The minimum absolute atomic E-state index is 0.0821. The highest BCUT2D eigenvalue weighted by atomic mass is 19.1. The van der Waals surface area contributed by atoms with Crippen molar-refractivity contribution in [1.82, 2.24) is 5.16 Å². The molecule has 0 saturated carbocycles. The minimum Gasteiger partial charge on any atom is -0.497 e. The predicted molar refractivity (Wildman–Crippen MR) is 93.8 cm³/mol. The molecule has 0 amide bonds. The van der Waals surface area contributed by atoms with Crippen LogP contribution in [-0.4, -0.2) is 18.0 Å². The van der Waals surface area contributed by atoms with Crippen LogP contribution in [0.1, 0.15) is 29.5 Å². The molecule has 3 rings (SSSR count). The Labute approximate surface area is 150 Å². The maximum absolute atomic E-state index is 13.4. The van der Waals surface area contributed by atoms with Gasteiger partial charge in [-0.05, 0) is 42.5 Å². The van der Waals surface area contributed by atoms with Crippen LogP contribution in [0.5, 0.6) is 11.5 Å². The highest BCUT2D eigenvalue weighted by Crippen LogP contribution is 2.25. The third-order valence-corrected chi connectivity index (χ3v) is 3.88. The molecule has 1 aromatic heterocycles. The molecule has 134 valence electrons. The number of ketones is 1. The second kappa shape index (κ2) is 7.82. The van der Waals surface area contributed by atoms with Crippen LogP contribution in [0.15, 0.2) is 53.1 Å². The van der Waals surface area contributed by atoms with Crippen LogP contribution in [0.3, 0.4) is 0 Å². The second-order valence-electron chi connectivity index (χ2n) is 5.61. The van der Waals surface area contributed by atoms with Gasteiger partial charge in [0.1, 0.15) is 29.6 Å². The normalized spacial score (nSPS) is 10.6. The fourth-order valence-electron chi connectivity index (χ4n) is 2.46. The Bertz CT molecular complexity index is 902. The number of ether oxygens (including phenoxy) is 2. The minimum atomic E-state index is -0.476. The standard InChI is InChI=1S/C20H18FNO4/c1-3-19(23)17-10-14(21)6-9-20(17)25-12-16-11-18(22-26-16)13-4-7-15(24-2)8-5-13/h4-11H,3,12H2,1-2H3. The number of Topliss-reactive ketones (excluding diaryl/α,β-unsaturated/α-hetero) is 1. The van der Waals surface area contributed by atoms with E-state index < -0.39 is 5.82 Å². The highest BCUT2D eigenvalue weighted by molar-refractivity contribution is 5.98. The summed E-state index contributed by atoms with van der Waals surface area (Å²) >= 11 is 0. The van der Waals surface area contributed by atoms with E-state index >= 15 is 0 Å². The van der Waals surface area contributed by atoms with Crippen molar-refractivity contribution in [2.45, 2.75) is 20.0 Å². The lowest BCUT2D eigenvalue weighted by molar-refractivity contribution is 0.0982. The van der Waals surface area contributed by atoms with Gasteiger partial charge in [0.15, 0.2) is 11.5 Å². The highest BCUT2D eigenvalue weighted by Gasteiger charge is 2.14. The average molecular weight is 355 g/mol. The van der Waals surface area contributed by atoms with Crippen molar-refractivity contribution in [2.75, 3.05) is 7.11 Å². The lowest BCUT2D eigenvalue weighted by Crippen LogP contribution is -2.03. The molecule has 0 saturated heterocycles. The first kappa shape index (κ1) is 17.7. The van der Waals surface area contributed by atoms with Gasteiger partial charge in [-0.3, -0.25) is 4.79 Å². The van der Waals surface area contributed by atoms with Gasteiger partial charge < -0.3 is 14.0 Å². The average Bonchev–Trinajstić information content (AvgIpc) is 3.15. The van der Waals surface area contributed by atoms with Gasteiger partial charge in [0.05, 0.1) is 12.7 Å². The third-order valence-electron chi connectivity index (χ3n) is 3.88. The van der Waals surface area contributed by atoms with Crippen molar-refractivity contribution in [3.63, 3.8) is 0 Å². The van der Waals surface area contributed by atoms with E-state index in [2.05, 4.69) is 5.16 Å². The molecule has 0 fully saturated rings. The van der Waals surface area contributed by atoms with Gasteiger partial charge in [0.2, 0.25) is 0 Å². The predicted octanol–water partition coefficient (Wildman–Crippen LogP) is 4.66. The van der Waals surface area contributed by atoms with E-state index in [1.807, 2.05) is 24.3 Å². The first-order chi connectivity index (χ1) is 12.6. The molecule has 0 bridgehead atoms. The number of benzene rings is 2. The van der Waals surface area contributed by atoms with E-state index in [1.54, 1.807) is 20.1 Å². The largest absolute Gasteiger partial charge is 0.497 e. The van der Waals surface area contributed by atoms with Crippen molar-refractivity contribution < 1.29 is 23.2 Å². The molecule has 3 aromatic rings. The molecule has 0 aliphatic rings. The zero-order valence-electron chi connectivity index (χ0n) is 14.5. The van der Waals surface area contributed by atoms with Gasteiger partial charge in [-0.25, -0.2) is 4.39 Å². The molecule has 0 aliphatic carbocycles. The van der Waals surface area contributed by atoms with Crippen LogP contribution in [0, 0.1) is 5.82 Å². The van der Waals surface area contributed by atoms with Crippen molar-refractivity contribution >= 4 is 5.78 Å². The number of carbonyl (C=O) groups excluding carboxylic acids is 1. The van der Waals surface area contributed by atoms with E-state index in [0.717, 1.165) is 11.3 Å². The lowest BCUT2D eigenvalue weighted by atomic mass is 10.1. The molecule has 2 aromatic carbocycles. The first-order valence-electron chi connectivity index (χ1n) is 8.16. The third kappa shape index (κ3) is 3.91. The van der Waals surface area contributed by atoms with Crippen molar-refractivity contribution in [2.24, 2.45) is 0 Å². The smallest absolute Gasteiger partial charge is 0.174 e. The van der Waals surface area contributed by atoms with E-state index in [0.29, 0.717) is 17.2 Å². The Hall–Kier alpha value is -3.15. The summed E-state index contributed by atoms with van der Waals surface area (Å²) in [6.07, 6.45) is 0.268.